The third-order valence-corrected chi connectivity index (χ3v) is 11.1. The fourth-order valence-corrected chi connectivity index (χ4v) is 8.14. The summed E-state index contributed by atoms with van der Waals surface area (Å²) in [6, 6.07) is 58.8. The first-order valence-electron chi connectivity index (χ1n) is 18.8. The molecule has 7 aromatic carbocycles. The summed E-state index contributed by atoms with van der Waals surface area (Å²) in [7, 11) is 0. The molecule has 254 valence electrons. The number of anilines is 6. The minimum absolute atomic E-state index is 1.17. The third kappa shape index (κ3) is 6.31. The number of aryl methyl sites for hydroxylation is 6. The molecule has 0 aliphatic heterocycles. The van der Waals surface area contributed by atoms with Gasteiger partial charge in [0.25, 0.3) is 0 Å². The van der Waals surface area contributed by atoms with Crippen LogP contribution < -0.4 is 9.80 Å². The Hall–Kier alpha value is -5.86. The van der Waals surface area contributed by atoms with Crippen LogP contribution in [0.25, 0.3) is 22.3 Å². The van der Waals surface area contributed by atoms with Gasteiger partial charge in [0.05, 0.1) is 0 Å². The Kier molecular flexibility index (Phi) is 8.45. The van der Waals surface area contributed by atoms with Crippen LogP contribution in [-0.2, 0) is 25.7 Å². The lowest BCUT2D eigenvalue weighted by Gasteiger charge is -2.26. The summed E-state index contributed by atoms with van der Waals surface area (Å²) < 4.78 is 0. The van der Waals surface area contributed by atoms with E-state index in [2.05, 4.69) is 181 Å². The zero-order valence-corrected chi connectivity index (χ0v) is 30.1. The Morgan fingerprint density at radius 1 is 0.288 bits per heavy atom. The van der Waals surface area contributed by atoms with E-state index >= 15 is 0 Å². The lowest BCUT2D eigenvalue weighted by atomic mass is 9.99. The third-order valence-electron chi connectivity index (χ3n) is 11.1. The van der Waals surface area contributed by atoms with E-state index in [1.54, 1.807) is 0 Å². The van der Waals surface area contributed by atoms with Crippen molar-refractivity contribution >= 4 is 34.1 Å². The Labute approximate surface area is 308 Å². The normalized spacial score (nSPS) is 13.1. The second-order valence-electron chi connectivity index (χ2n) is 14.6. The first-order chi connectivity index (χ1) is 25.6. The van der Waals surface area contributed by atoms with Crippen molar-refractivity contribution in [3.63, 3.8) is 0 Å². The Bertz CT molecular complexity index is 2160. The van der Waals surface area contributed by atoms with Crippen molar-refractivity contribution in [1.82, 2.24) is 0 Å². The van der Waals surface area contributed by atoms with Crippen LogP contribution >= 0.6 is 0 Å². The first-order valence-corrected chi connectivity index (χ1v) is 18.8. The standard InChI is InChI=1S/C50H44N2/c1-35-9-23-45(24-10-35)51(49-31-21-37-5-3-7-43(37)33-49)47-27-17-41(18-28-47)39-13-15-40(16-14-39)42-19-29-48(30-20-42)52(46-25-11-36(2)12-26-46)50-32-22-38-6-4-8-44(38)34-50/h9-34H,3-8H2,1-2H3. The lowest BCUT2D eigenvalue weighted by molar-refractivity contribution is 0.911. The summed E-state index contributed by atoms with van der Waals surface area (Å²) in [6.45, 7) is 4.30. The van der Waals surface area contributed by atoms with Crippen LogP contribution in [-0.4, -0.2) is 0 Å². The maximum absolute atomic E-state index is 2.40. The van der Waals surface area contributed by atoms with Gasteiger partial charge in [-0.05, 0) is 170 Å². The van der Waals surface area contributed by atoms with Gasteiger partial charge in [-0.15, -0.1) is 0 Å². The molecule has 7 aromatic rings. The van der Waals surface area contributed by atoms with Crippen LogP contribution in [0.2, 0.25) is 0 Å². The Morgan fingerprint density at radius 3 is 0.904 bits per heavy atom. The molecule has 9 rings (SSSR count). The molecule has 0 spiro atoms. The molecule has 0 amide bonds. The molecule has 0 bridgehead atoms. The SMILES string of the molecule is Cc1ccc(N(c2ccc(-c3ccc(-c4ccc(N(c5ccc(C)cc5)c5ccc6c(c5)CCC6)cc4)cc3)cc2)c2ccc3c(c2)CCC3)cc1. The van der Waals surface area contributed by atoms with Gasteiger partial charge in [-0.2, -0.15) is 0 Å². The Balaban J connectivity index is 0.971. The van der Waals surface area contributed by atoms with Crippen LogP contribution in [0.3, 0.4) is 0 Å². The molecule has 0 fully saturated rings. The smallest absolute Gasteiger partial charge is 0.0464 e. The number of fused-ring (bicyclic) bond motifs is 2. The predicted octanol–water partition coefficient (Wildman–Crippen LogP) is 13.6. The monoisotopic (exact) mass is 672 g/mol. The zero-order chi connectivity index (χ0) is 35.0. The highest BCUT2D eigenvalue weighted by molar-refractivity contribution is 5.81. The second-order valence-corrected chi connectivity index (χ2v) is 14.6. The number of rotatable bonds is 8. The van der Waals surface area contributed by atoms with E-state index in [1.807, 2.05) is 0 Å². The first kappa shape index (κ1) is 32.1. The quantitative estimate of drug-likeness (QED) is 0.159. The van der Waals surface area contributed by atoms with Crippen LogP contribution in [0.5, 0.6) is 0 Å². The highest BCUT2D eigenvalue weighted by Gasteiger charge is 2.19. The van der Waals surface area contributed by atoms with Crippen LogP contribution in [0.4, 0.5) is 34.1 Å². The van der Waals surface area contributed by atoms with Gasteiger partial charge in [0.2, 0.25) is 0 Å². The minimum Gasteiger partial charge on any atom is -0.310 e. The number of nitrogens with zero attached hydrogens (tertiary/aromatic N) is 2. The van der Waals surface area contributed by atoms with E-state index in [4.69, 9.17) is 0 Å². The van der Waals surface area contributed by atoms with Gasteiger partial charge in [0.15, 0.2) is 0 Å². The van der Waals surface area contributed by atoms with Crippen molar-refractivity contribution in [2.75, 3.05) is 9.80 Å². The summed E-state index contributed by atoms with van der Waals surface area (Å²) in [6.07, 6.45) is 7.24. The molecule has 0 N–H and O–H groups in total. The summed E-state index contributed by atoms with van der Waals surface area (Å²) in [5.74, 6) is 0. The molecular formula is C50H44N2. The predicted molar refractivity (Wildman–Crippen MR) is 220 cm³/mol. The van der Waals surface area contributed by atoms with Crippen LogP contribution in [0, 0.1) is 13.8 Å². The summed E-state index contributed by atoms with van der Waals surface area (Å²) in [4.78, 5) is 4.78. The van der Waals surface area contributed by atoms with Crippen molar-refractivity contribution in [2.45, 2.75) is 52.4 Å². The average Bonchev–Trinajstić information content (AvgIpc) is 3.87. The number of hydrogen-bond acceptors (Lipinski definition) is 2. The van der Waals surface area contributed by atoms with E-state index in [9.17, 15) is 0 Å². The zero-order valence-electron chi connectivity index (χ0n) is 30.1. The molecule has 0 saturated carbocycles. The second kappa shape index (κ2) is 13.7. The number of hydrogen-bond donors (Lipinski definition) is 0. The molecule has 0 aromatic heterocycles. The van der Waals surface area contributed by atoms with Crippen molar-refractivity contribution in [2.24, 2.45) is 0 Å². The van der Waals surface area contributed by atoms with E-state index < -0.39 is 0 Å². The molecule has 2 aliphatic carbocycles. The van der Waals surface area contributed by atoms with Gasteiger partial charge in [-0.25, -0.2) is 0 Å². The molecule has 0 atom stereocenters. The van der Waals surface area contributed by atoms with Gasteiger partial charge in [-0.1, -0.05) is 96.1 Å². The molecule has 0 saturated heterocycles. The molecule has 0 heterocycles. The van der Waals surface area contributed by atoms with E-state index in [0.717, 1.165) is 0 Å². The number of benzene rings is 7. The van der Waals surface area contributed by atoms with Crippen molar-refractivity contribution in [3.05, 3.63) is 191 Å². The lowest BCUT2D eigenvalue weighted by Crippen LogP contribution is -2.10. The van der Waals surface area contributed by atoms with Crippen LogP contribution in [0.1, 0.15) is 46.2 Å². The molecule has 0 unspecified atom stereocenters. The molecule has 2 nitrogen and oxygen atoms in total. The fourth-order valence-electron chi connectivity index (χ4n) is 8.14. The van der Waals surface area contributed by atoms with E-state index in [1.165, 1.54) is 128 Å². The van der Waals surface area contributed by atoms with Gasteiger partial charge < -0.3 is 9.80 Å². The summed E-state index contributed by atoms with van der Waals surface area (Å²) in [5.41, 5.74) is 20.5. The minimum atomic E-state index is 1.17. The molecule has 0 radical (unpaired) electrons. The summed E-state index contributed by atoms with van der Waals surface area (Å²) >= 11 is 0. The fraction of sp³-hybridized carbons (Fsp3) is 0.160. The average molecular weight is 673 g/mol. The van der Waals surface area contributed by atoms with Gasteiger partial charge >= 0.3 is 0 Å². The molecule has 52 heavy (non-hydrogen) atoms. The molecular weight excluding hydrogens is 629 g/mol. The summed E-state index contributed by atoms with van der Waals surface area (Å²) in [5, 5.41) is 0. The van der Waals surface area contributed by atoms with E-state index in [0.29, 0.717) is 0 Å². The van der Waals surface area contributed by atoms with Crippen LogP contribution in [0.15, 0.2) is 158 Å². The van der Waals surface area contributed by atoms with Gasteiger partial charge in [-0.3, -0.25) is 0 Å². The van der Waals surface area contributed by atoms with Crippen molar-refractivity contribution < 1.29 is 0 Å². The maximum atomic E-state index is 2.40. The maximum Gasteiger partial charge on any atom is 0.0464 e. The highest BCUT2D eigenvalue weighted by Crippen LogP contribution is 2.40. The largest absolute Gasteiger partial charge is 0.310 e. The van der Waals surface area contributed by atoms with Gasteiger partial charge in [0.1, 0.15) is 0 Å². The van der Waals surface area contributed by atoms with E-state index in [-0.39, 0.29) is 0 Å². The molecule has 2 aliphatic rings. The topological polar surface area (TPSA) is 6.48 Å². The van der Waals surface area contributed by atoms with Gasteiger partial charge in [0, 0.05) is 34.1 Å². The van der Waals surface area contributed by atoms with Crippen molar-refractivity contribution in [1.29, 1.82) is 0 Å². The van der Waals surface area contributed by atoms with Crippen molar-refractivity contribution in [3.8, 4) is 22.3 Å². The highest BCUT2D eigenvalue weighted by atomic mass is 15.1. The molecule has 2 heteroatoms. The Morgan fingerprint density at radius 2 is 0.558 bits per heavy atom.